The van der Waals surface area contributed by atoms with Crippen molar-refractivity contribution in [2.75, 3.05) is 6.54 Å². The number of carbonyl (C=O) groups is 2. The number of rotatable bonds is 6. The summed E-state index contributed by atoms with van der Waals surface area (Å²) in [5.74, 6) is -0.759. The molecular formula is C16H22N2O3. The third-order valence-electron chi connectivity index (χ3n) is 4.24. The summed E-state index contributed by atoms with van der Waals surface area (Å²) in [7, 11) is 0. The van der Waals surface area contributed by atoms with E-state index in [0.29, 0.717) is 18.9 Å². The van der Waals surface area contributed by atoms with Crippen LogP contribution in [0.1, 0.15) is 37.3 Å². The van der Waals surface area contributed by atoms with Gasteiger partial charge in [-0.05, 0) is 23.5 Å². The van der Waals surface area contributed by atoms with Crippen LogP contribution in [0.25, 0.3) is 0 Å². The largest absolute Gasteiger partial charge is 0.480 e. The Labute approximate surface area is 124 Å². The second kappa shape index (κ2) is 6.61. The molecule has 0 bridgehead atoms. The van der Waals surface area contributed by atoms with Crippen molar-refractivity contribution in [3.05, 3.63) is 35.4 Å². The fourth-order valence-electron chi connectivity index (χ4n) is 2.64. The molecule has 0 heterocycles. The first kappa shape index (κ1) is 15.4. The maximum atomic E-state index is 11.8. The lowest BCUT2D eigenvalue weighted by atomic mass is 9.78. The van der Waals surface area contributed by atoms with Gasteiger partial charge in [-0.2, -0.15) is 0 Å². The Bertz CT molecular complexity index is 530. The lowest BCUT2D eigenvalue weighted by Gasteiger charge is -2.30. The standard InChI is InChI=1S/C16H22N2O3/c1-3-10(2)14(15(19)20)18-16(21)17-9-12-8-11-6-4-5-7-13(11)12/h4-7,10,12,14H,3,8-9H2,1-2H3,(H,19,20)(H2,17,18,21)/t10-,12?,14-/m0/s1. The van der Waals surface area contributed by atoms with Crippen LogP contribution in [0.5, 0.6) is 0 Å². The molecule has 3 atom stereocenters. The zero-order valence-corrected chi connectivity index (χ0v) is 12.4. The number of aliphatic carboxylic acids is 1. The minimum atomic E-state index is -0.992. The molecule has 0 spiro atoms. The van der Waals surface area contributed by atoms with Crippen LogP contribution < -0.4 is 10.6 Å². The van der Waals surface area contributed by atoms with E-state index in [1.54, 1.807) is 0 Å². The number of carbonyl (C=O) groups excluding carboxylic acids is 1. The third kappa shape index (κ3) is 3.54. The molecule has 5 heteroatoms. The van der Waals surface area contributed by atoms with Gasteiger partial charge in [-0.25, -0.2) is 9.59 Å². The predicted octanol–water partition coefficient (Wildman–Crippen LogP) is 2.12. The minimum Gasteiger partial charge on any atom is -0.480 e. The SMILES string of the molecule is CC[C@H](C)[C@H](NC(=O)NCC1Cc2ccccc21)C(=O)O. The highest BCUT2D eigenvalue weighted by atomic mass is 16.4. The van der Waals surface area contributed by atoms with Crippen molar-refractivity contribution < 1.29 is 14.7 Å². The van der Waals surface area contributed by atoms with Crippen LogP contribution in [0.2, 0.25) is 0 Å². The summed E-state index contributed by atoms with van der Waals surface area (Å²) in [6, 6.07) is 6.92. The summed E-state index contributed by atoms with van der Waals surface area (Å²) in [5.41, 5.74) is 2.60. The van der Waals surface area contributed by atoms with Crippen LogP contribution in [-0.4, -0.2) is 29.7 Å². The number of fused-ring (bicyclic) bond motifs is 1. The molecule has 1 aliphatic rings. The summed E-state index contributed by atoms with van der Waals surface area (Å²) < 4.78 is 0. The Morgan fingerprint density at radius 2 is 2.10 bits per heavy atom. The van der Waals surface area contributed by atoms with Crippen LogP contribution in [0.3, 0.4) is 0 Å². The van der Waals surface area contributed by atoms with Crippen molar-refractivity contribution in [3.8, 4) is 0 Å². The highest BCUT2D eigenvalue weighted by Gasteiger charge is 2.28. The molecule has 21 heavy (non-hydrogen) atoms. The Kier molecular flexibility index (Phi) is 4.83. The average molecular weight is 290 g/mol. The molecule has 2 amide bonds. The number of urea groups is 1. The number of amides is 2. The first-order chi connectivity index (χ1) is 10.0. The molecule has 1 aromatic carbocycles. The van der Waals surface area contributed by atoms with Crippen molar-refractivity contribution in [3.63, 3.8) is 0 Å². The fourth-order valence-corrected chi connectivity index (χ4v) is 2.64. The summed E-state index contributed by atoms with van der Waals surface area (Å²) >= 11 is 0. The summed E-state index contributed by atoms with van der Waals surface area (Å²) in [5, 5.41) is 14.5. The van der Waals surface area contributed by atoms with E-state index in [9.17, 15) is 9.59 Å². The van der Waals surface area contributed by atoms with Crippen molar-refractivity contribution in [1.82, 2.24) is 10.6 Å². The Hall–Kier alpha value is -2.04. The van der Waals surface area contributed by atoms with Crippen molar-refractivity contribution in [1.29, 1.82) is 0 Å². The zero-order chi connectivity index (χ0) is 15.4. The number of benzene rings is 1. The highest BCUT2D eigenvalue weighted by molar-refractivity contribution is 5.82. The summed E-state index contributed by atoms with van der Waals surface area (Å²) in [4.78, 5) is 23.0. The molecule has 1 aliphatic carbocycles. The van der Waals surface area contributed by atoms with Gasteiger partial charge in [0.15, 0.2) is 0 Å². The van der Waals surface area contributed by atoms with Crippen LogP contribution in [0.4, 0.5) is 4.79 Å². The van der Waals surface area contributed by atoms with E-state index in [4.69, 9.17) is 5.11 Å². The summed E-state index contributed by atoms with van der Waals surface area (Å²) in [6.07, 6.45) is 1.66. The molecule has 0 aliphatic heterocycles. The molecule has 0 saturated heterocycles. The van der Waals surface area contributed by atoms with Crippen LogP contribution in [0, 0.1) is 5.92 Å². The molecule has 2 rings (SSSR count). The fraction of sp³-hybridized carbons (Fsp3) is 0.500. The van der Waals surface area contributed by atoms with Gasteiger partial charge in [0.2, 0.25) is 0 Å². The number of nitrogens with one attached hydrogen (secondary N) is 2. The van der Waals surface area contributed by atoms with E-state index in [0.717, 1.165) is 6.42 Å². The molecule has 0 saturated carbocycles. The van der Waals surface area contributed by atoms with Gasteiger partial charge >= 0.3 is 12.0 Å². The first-order valence-corrected chi connectivity index (χ1v) is 7.37. The number of carboxylic acids is 1. The van der Waals surface area contributed by atoms with Gasteiger partial charge in [0.05, 0.1) is 0 Å². The van der Waals surface area contributed by atoms with Gasteiger partial charge < -0.3 is 15.7 Å². The smallest absolute Gasteiger partial charge is 0.326 e. The van der Waals surface area contributed by atoms with E-state index in [1.807, 2.05) is 26.0 Å². The lowest BCUT2D eigenvalue weighted by molar-refractivity contribution is -0.140. The Balaban J connectivity index is 1.82. The normalized spacial score (nSPS) is 18.9. The van der Waals surface area contributed by atoms with Crippen molar-refractivity contribution in [2.45, 2.75) is 38.6 Å². The quantitative estimate of drug-likeness (QED) is 0.751. The topological polar surface area (TPSA) is 78.4 Å². The summed E-state index contributed by atoms with van der Waals surface area (Å²) in [6.45, 7) is 4.27. The van der Waals surface area contributed by atoms with Gasteiger partial charge in [0, 0.05) is 12.5 Å². The first-order valence-electron chi connectivity index (χ1n) is 7.37. The second-order valence-electron chi connectivity index (χ2n) is 5.66. The molecule has 5 nitrogen and oxygen atoms in total. The van der Waals surface area contributed by atoms with E-state index >= 15 is 0 Å². The molecule has 0 fully saturated rings. The molecular weight excluding hydrogens is 268 g/mol. The van der Waals surface area contributed by atoms with E-state index in [2.05, 4.69) is 22.8 Å². The second-order valence-corrected chi connectivity index (χ2v) is 5.66. The Morgan fingerprint density at radius 3 is 2.71 bits per heavy atom. The monoisotopic (exact) mass is 290 g/mol. The lowest BCUT2D eigenvalue weighted by Crippen LogP contribution is -2.50. The van der Waals surface area contributed by atoms with Gasteiger partial charge in [-0.3, -0.25) is 0 Å². The molecule has 0 aromatic heterocycles. The molecule has 1 aromatic rings. The van der Waals surface area contributed by atoms with E-state index in [1.165, 1.54) is 11.1 Å². The number of hydrogen-bond donors (Lipinski definition) is 3. The van der Waals surface area contributed by atoms with Gasteiger partial charge in [-0.15, -0.1) is 0 Å². The van der Waals surface area contributed by atoms with Crippen molar-refractivity contribution >= 4 is 12.0 Å². The van der Waals surface area contributed by atoms with E-state index < -0.39 is 18.0 Å². The Morgan fingerprint density at radius 1 is 1.38 bits per heavy atom. The predicted molar refractivity (Wildman–Crippen MR) is 80.3 cm³/mol. The van der Waals surface area contributed by atoms with Crippen LogP contribution >= 0.6 is 0 Å². The van der Waals surface area contributed by atoms with Gasteiger partial charge in [0.25, 0.3) is 0 Å². The number of hydrogen-bond acceptors (Lipinski definition) is 2. The van der Waals surface area contributed by atoms with Gasteiger partial charge in [0.1, 0.15) is 6.04 Å². The molecule has 3 N–H and O–H groups in total. The molecule has 1 unspecified atom stereocenters. The molecule has 114 valence electrons. The maximum absolute atomic E-state index is 11.8. The zero-order valence-electron chi connectivity index (χ0n) is 12.4. The van der Waals surface area contributed by atoms with Crippen LogP contribution in [0.15, 0.2) is 24.3 Å². The van der Waals surface area contributed by atoms with Gasteiger partial charge in [-0.1, -0.05) is 44.5 Å². The van der Waals surface area contributed by atoms with Crippen molar-refractivity contribution in [2.24, 2.45) is 5.92 Å². The highest BCUT2D eigenvalue weighted by Crippen LogP contribution is 2.33. The van der Waals surface area contributed by atoms with E-state index in [-0.39, 0.29) is 5.92 Å². The average Bonchev–Trinajstić information content (AvgIpc) is 2.44. The third-order valence-corrected chi connectivity index (χ3v) is 4.24. The minimum absolute atomic E-state index is 0.0994. The maximum Gasteiger partial charge on any atom is 0.326 e. The van der Waals surface area contributed by atoms with Crippen LogP contribution in [-0.2, 0) is 11.2 Å². The molecule has 0 radical (unpaired) electrons. The number of carboxylic acid groups (broad SMARTS) is 1.